The van der Waals surface area contributed by atoms with E-state index in [1.165, 1.54) is 11.3 Å². The van der Waals surface area contributed by atoms with Crippen LogP contribution in [0, 0.1) is 0 Å². The van der Waals surface area contributed by atoms with E-state index in [-0.39, 0.29) is 11.9 Å². The summed E-state index contributed by atoms with van der Waals surface area (Å²) in [5, 5.41) is 3.14. The van der Waals surface area contributed by atoms with Gasteiger partial charge in [-0.15, -0.1) is 11.3 Å². The molecule has 0 saturated carbocycles. The van der Waals surface area contributed by atoms with Crippen LogP contribution in [0.3, 0.4) is 0 Å². The summed E-state index contributed by atoms with van der Waals surface area (Å²) in [6, 6.07) is 2.11. The molecule has 0 N–H and O–H groups in total. The topological polar surface area (TPSA) is 46.3 Å². The minimum atomic E-state index is 0.0376. The predicted molar refractivity (Wildman–Crippen MR) is 82.2 cm³/mol. The maximum atomic E-state index is 12.6. The first-order chi connectivity index (χ1) is 9.66. The average Bonchev–Trinajstić information content (AvgIpc) is 3.11. The van der Waals surface area contributed by atoms with Crippen molar-refractivity contribution in [3.63, 3.8) is 0 Å². The summed E-state index contributed by atoms with van der Waals surface area (Å²) in [6.45, 7) is 5.08. The highest BCUT2D eigenvalue weighted by Gasteiger charge is 2.30. The molecule has 0 aliphatic carbocycles. The molecule has 1 fully saturated rings. The molecule has 2 aromatic heterocycles. The maximum Gasteiger partial charge on any atom is 0.273 e. The third-order valence-corrected chi connectivity index (χ3v) is 5.87. The molecule has 1 aliphatic heterocycles. The molecule has 106 valence electrons. The van der Waals surface area contributed by atoms with Crippen molar-refractivity contribution in [3.05, 3.63) is 29.7 Å². The van der Waals surface area contributed by atoms with Crippen LogP contribution in [0.25, 0.3) is 10.6 Å². The Kier molecular flexibility index (Phi) is 3.85. The first-order valence-electron chi connectivity index (χ1n) is 6.57. The van der Waals surface area contributed by atoms with Gasteiger partial charge in [-0.25, -0.2) is 4.98 Å². The molecule has 2 unspecified atom stereocenters. The molecule has 20 heavy (non-hydrogen) atoms. The van der Waals surface area contributed by atoms with Crippen molar-refractivity contribution in [2.45, 2.75) is 25.1 Å². The minimum absolute atomic E-state index is 0.0376. The van der Waals surface area contributed by atoms with E-state index in [0.29, 0.717) is 10.9 Å². The lowest BCUT2D eigenvalue weighted by Crippen LogP contribution is -2.48. The number of hydrogen-bond acceptors (Lipinski definition) is 5. The quantitative estimate of drug-likeness (QED) is 0.853. The van der Waals surface area contributed by atoms with E-state index in [0.717, 1.165) is 22.9 Å². The lowest BCUT2D eigenvalue weighted by Gasteiger charge is -2.37. The standard InChI is InChI=1S/C14H16N2O2S2/c1-9-10(2)19-6-4-16(9)14(17)12-8-20-13(15-12)11-3-5-18-7-11/h3,5,7-10H,4,6H2,1-2H3. The monoisotopic (exact) mass is 308 g/mol. The summed E-state index contributed by atoms with van der Waals surface area (Å²) < 4.78 is 5.05. The van der Waals surface area contributed by atoms with Gasteiger partial charge in [0, 0.05) is 34.5 Å². The molecule has 2 atom stereocenters. The number of amides is 1. The summed E-state index contributed by atoms with van der Waals surface area (Å²) in [5.41, 5.74) is 1.46. The molecule has 1 aliphatic rings. The van der Waals surface area contributed by atoms with Crippen molar-refractivity contribution in [1.29, 1.82) is 0 Å². The second-order valence-electron chi connectivity index (χ2n) is 4.86. The summed E-state index contributed by atoms with van der Waals surface area (Å²) in [5.74, 6) is 1.03. The fourth-order valence-electron chi connectivity index (χ4n) is 2.26. The number of thiazole rings is 1. The lowest BCUT2D eigenvalue weighted by molar-refractivity contribution is 0.0693. The third kappa shape index (κ3) is 2.50. The van der Waals surface area contributed by atoms with E-state index in [1.807, 2.05) is 28.1 Å². The predicted octanol–water partition coefficient (Wildman–Crippen LogP) is 3.37. The number of furan rings is 1. The van der Waals surface area contributed by atoms with Crippen LogP contribution in [-0.4, -0.2) is 39.4 Å². The van der Waals surface area contributed by atoms with Crippen LogP contribution in [0.15, 0.2) is 28.4 Å². The fourth-order valence-corrected chi connectivity index (χ4v) is 4.14. The van der Waals surface area contributed by atoms with Crippen LogP contribution in [0.4, 0.5) is 0 Å². The normalized spacial score (nSPS) is 23.0. The fraction of sp³-hybridized carbons (Fsp3) is 0.429. The van der Waals surface area contributed by atoms with Gasteiger partial charge in [-0.3, -0.25) is 4.79 Å². The Morgan fingerprint density at radius 2 is 2.35 bits per heavy atom. The van der Waals surface area contributed by atoms with Crippen LogP contribution in [0.1, 0.15) is 24.3 Å². The molecule has 0 bridgehead atoms. The number of carbonyl (C=O) groups excluding carboxylic acids is 1. The largest absolute Gasteiger partial charge is 0.472 e. The van der Waals surface area contributed by atoms with Gasteiger partial charge in [-0.1, -0.05) is 6.92 Å². The highest BCUT2D eigenvalue weighted by atomic mass is 32.2. The average molecular weight is 308 g/mol. The summed E-state index contributed by atoms with van der Waals surface area (Å²) in [4.78, 5) is 19.0. The van der Waals surface area contributed by atoms with Crippen molar-refractivity contribution >= 4 is 29.0 Å². The Balaban J connectivity index is 1.81. The first-order valence-corrected chi connectivity index (χ1v) is 8.50. The van der Waals surface area contributed by atoms with Gasteiger partial charge in [0.05, 0.1) is 6.26 Å². The van der Waals surface area contributed by atoms with Crippen molar-refractivity contribution in [2.75, 3.05) is 12.3 Å². The number of rotatable bonds is 2. The summed E-state index contributed by atoms with van der Waals surface area (Å²) >= 11 is 3.40. The molecular formula is C14H16N2O2S2. The molecule has 6 heteroatoms. The number of carbonyl (C=O) groups is 1. The Hall–Kier alpha value is -1.27. The molecule has 2 aromatic rings. The molecule has 0 radical (unpaired) electrons. The van der Waals surface area contributed by atoms with Crippen molar-refractivity contribution < 1.29 is 9.21 Å². The Morgan fingerprint density at radius 1 is 1.50 bits per heavy atom. The molecule has 0 aromatic carbocycles. The lowest BCUT2D eigenvalue weighted by atomic mass is 10.2. The highest BCUT2D eigenvalue weighted by Crippen LogP contribution is 2.28. The van der Waals surface area contributed by atoms with E-state index >= 15 is 0 Å². The van der Waals surface area contributed by atoms with Gasteiger partial charge in [0.25, 0.3) is 5.91 Å². The molecule has 0 spiro atoms. The molecule has 1 saturated heterocycles. The van der Waals surface area contributed by atoms with Crippen molar-refractivity contribution in [1.82, 2.24) is 9.88 Å². The van der Waals surface area contributed by atoms with E-state index in [2.05, 4.69) is 18.8 Å². The van der Waals surface area contributed by atoms with Gasteiger partial charge in [0.15, 0.2) is 0 Å². The van der Waals surface area contributed by atoms with E-state index < -0.39 is 0 Å². The van der Waals surface area contributed by atoms with Crippen molar-refractivity contribution in [2.24, 2.45) is 0 Å². The van der Waals surface area contributed by atoms with Gasteiger partial charge in [0.1, 0.15) is 17.0 Å². The van der Waals surface area contributed by atoms with Gasteiger partial charge < -0.3 is 9.32 Å². The number of thioether (sulfide) groups is 1. The number of hydrogen-bond donors (Lipinski definition) is 0. The zero-order chi connectivity index (χ0) is 14.1. The van der Waals surface area contributed by atoms with Crippen molar-refractivity contribution in [3.8, 4) is 10.6 Å². The Bertz CT molecular complexity index is 594. The van der Waals surface area contributed by atoms with Crippen LogP contribution in [-0.2, 0) is 0 Å². The van der Waals surface area contributed by atoms with Crippen LogP contribution < -0.4 is 0 Å². The Morgan fingerprint density at radius 3 is 3.10 bits per heavy atom. The van der Waals surface area contributed by atoms with Crippen LogP contribution in [0.5, 0.6) is 0 Å². The molecular weight excluding hydrogens is 292 g/mol. The van der Waals surface area contributed by atoms with Crippen LogP contribution >= 0.6 is 23.1 Å². The SMILES string of the molecule is CC1SCCN(C(=O)c2csc(-c3ccoc3)n2)C1C. The van der Waals surface area contributed by atoms with Gasteiger partial charge >= 0.3 is 0 Å². The van der Waals surface area contributed by atoms with E-state index in [4.69, 9.17) is 4.42 Å². The Labute approximate surface area is 126 Å². The summed E-state index contributed by atoms with van der Waals surface area (Å²) in [7, 11) is 0. The number of nitrogens with zero attached hydrogens (tertiary/aromatic N) is 2. The van der Waals surface area contributed by atoms with Crippen LogP contribution in [0.2, 0.25) is 0 Å². The third-order valence-electron chi connectivity index (χ3n) is 3.64. The second-order valence-corrected chi connectivity index (χ2v) is 7.21. The highest BCUT2D eigenvalue weighted by molar-refractivity contribution is 8.00. The number of aromatic nitrogens is 1. The smallest absolute Gasteiger partial charge is 0.273 e. The second kappa shape index (κ2) is 5.61. The molecule has 4 nitrogen and oxygen atoms in total. The van der Waals surface area contributed by atoms with E-state index in [1.54, 1.807) is 12.5 Å². The summed E-state index contributed by atoms with van der Waals surface area (Å²) in [6.07, 6.45) is 3.26. The van der Waals surface area contributed by atoms with Gasteiger partial charge in [-0.2, -0.15) is 11.8 Å². The molecule has 3 heterocycles. The minimum Gasteiger partial charge on any atom is -0.472 e. The zero-order valence-electron chi connectivity index (χ0n) is 11.4. The van der Waals surface area contributed by atoms with Gasteiger partial charge in [-0.05, 0) is 13.0 Å². The zero-order valence-corrected chi connectivity index (χ0v) is 13.0. The van der Waals surface area contributed by atoms with Gasteiger partial charge in [0.2, 0.25) is 0 Å². The molecule has 1 amide bonds. The first kappa shape index (κ1) is 13.7. The van der Waals surface area contributed by atoms with E-state index in [9.17, 15) is 4.79 Å². The maximum absolute atomic E-state index is 12.6. The molecule has 3 rings (SSSR count).